The van der Waals surface area contributed by atoms with Crippen LogP contribution in [-0.4, -0.2) is 63.7 Å². The number of carbonyl (C=O) groups is 1. The highest BCUT2D eigenvalue weighted by atomic mass is 16.3. The van der Waals surface area contributed by atoms with Gasteiger partial charge >= 0.3 is 0 Å². The summed E-state index contributed by atoms with van der Waals surface area (Å²) in [6, 6.07) is 5.06. The van der Waals surface area contributed by atoms with Gasteiger partial charge in [0, 0.05) is 56.6 Å². The number of carbonyl (C=O) groups excluding carboxylic acids is 1. The molecule has 2 atom stereocenters. The first-order valence-corrected chi connectivity index (χ1v) is 10.1. The Morgan fingerprint density at radius 1 is 0.880 bits per heavy atom. The van der Waals surface area contributed by atoms with E-state index in [1.54, 1.807) is 0 Å². The lowest BCUT2D eigenvalue weighted by Gasteiger charge is -2.41. The SMILES string of the molecule is O=C(C1CCC(n2cccc2)CC1)N1CCN(C2CCCC2O)CC1. The summed E-state index contributed by atoms with van der Waals surface area (Å²) in [6.07, 6.45) is 11.6. The van der Waals surface area contributed by atoms with Crippen molar-refractivity contribution in [3.8, 4) is 0 Å². The van der Waals surface area contributed by atoms with Crippen LogP contribution in [0.4, 0.5) is 0 Å². The van der Waals surface area contributed by atoms with E-state index in [-0.39, 0.29) is 12.0 Å². The average Bonchev–Trinajstić information content (AvgIpc) is 3.33. The Morgan fingerprint density at radius 2 is 1.56 bits per heavy atom. The molecule has 25 heavy (non-hydrogen) atoms. The molecule has 0 aromatic carbocycles. The van der Waals surface area contributed by atoms with Crippen LogP contribution in [0.3, 0.4) is 0 Å². The van der Waals surface area contributed by atoms with Crippen molar-refractivity contribution in [2.45, 2.75) is 63.1 Å². The highest BCUT2D eigenvalue weighted by Crippen LogP contribution is 2.33. The Kier molecular flexibility index (Phi) is 5.13. The molecule has 1 amide bonds. The molecule has 3 aliphatic rings. The second kappa shape index (κ2) is 7.50. The predicted molar refractivity (Wildman–Crippen MR) is 97.2 cm³/mol. The van der Waals surface area contributed by atoms with E-state index in [0.29, 0.717) is 18.0 Å². The Balaban J connectivity index is 1.25. The average molecular weight is 345 g/mol. The molecule has 5 heteroatoms. The molecule has 2 saturated carbocycles. The zero-order valence-electron chi connectivity index (χ0n) is 15.1. The van der Waals surface area contributed by atoms with Gasteiger partial charge < -0.3 is 14.6 Å². The fraction of sp³-hybridized carbons (Fsp3) is 0.750. The molecule has 0 radical (unpaired) electrons. The summed E-state index contributed by atoms with van der Waals surface area (Å²) < 4.78 is 2.30. The van der Waals surface area contributed by atoms with Crippen LogP contribution in [0.5, 0.6) is 0 Å². The molecule has 1 saturated heterocycles. The first-order valence-electron chi connectivity index (χ1n) is 10.1. The standard InChI is InChI=1S/C20H31N3O2/c24-19-5-3-4-18(19)22-12-14-23(15-13-22)20(25)16-6-8-17(9-7-16)21-10-1-2-11-21/h1-2,10-11,16-19,24H,3-9,12-15H2. The fourth-order valence-electron chi connectivity index (χ4n) is 5.09. The molecule has 2 aliphatic carbocycles. The first kappa shape index (κ1) is 17.1. The maximum atomic E-state index is 12.9. The van der Waals surface area contributed by atoms with Gasteiger partial charge in [0.25, 0.3) is 0 Å². The summed E-state index contributed by atoms with van der Waals surface area (Å²) in [7, 11) is 0. The minimum absolute atomic E-state index is 0.161. The Labute approximate surface area is 150 Å². The smallest absolute Gasteiger partial charge is 0.225 e. The number of aliphatic hydroxyl groups is 1. The van der Waals surface area contributed by atoms with Crippen molar-refractivity contribution in [2.24, 2.45) is 5.92 Å². The van der Waals surface area contributed by atoms with Crippen LogP contribution < -0.4 is 0 Å². The Bertz CT molecular complexity index is 558. The second-order valence-corrected chi connectivity index (χ2v) is 8.06. The first-order chi connectivity index (χ1) is 12.2. The lowest BCUT2D eigenvalue weighted by atomic mass is 9.85. The summed E-state index contributed by atoms with van der Waals surface area (Å²) in [5.41, 5.74) is 0. The van der Waals surface area contributed by atoms with E-state index in [1.807, 2.05) is 0 Å². The van der Waals surface area contributed by atoms with Crippen molar-refractivity contribution in [3.63, 3.8) is 0 Å². The molecular formula is C20H31N3O2. The van der Waals surface area contributed by atoms with Crippen molar-refractivity contribution < 1.29 is 9.90 Å². The summed E-state index contributed by atoms with van der Waals surface area (Å²) in [6.45, 7) is 3.51. The molecule has 0 spiro atoms. The summed E-state index contributed by atoms with van der Waals surface area (Å²) in [5, 5.41) is 10.1. The molecule has 1 aliphatic heterocycles. The van der Waals surface area contributed by atoms with Crippen LogP contribution in [0.1, 0.15) is 51.0 Å². The van der Waals surface area contributed by atoms with Gasteiger partial charge in [-0.25, -0.2) is 0 Å². The minimum atomic E-state index is -0.161. The number of hydrogen-bond donors (Lipinski definition) is 1. The number of hydrogen-bond acceptors (Lipinski definition) is 3. The molecule has 1 N–H and O–H groups in total. The van der Waals surface area contributed by atoms with Crippen molar-refractivity contribution in [2.75, 3.05) is 26.2 Å². The van der Waals surface area contributed by atoms with Crippen molar-refractivity contribution >= 4 is 5.91 Å². The summed E-state index contributed by atoms with van der Waals surface area (Å²) >= 11 is 0. The van der Waals surface area contributed by atoms with Gasteiger partial charge in [-0.3, -0.25) is 9.69 Å². The van der Waals surface area contributed by atoms with Crippen molar-refractivity contribution in [3.05, 3.63) is 24.5 Å². The molecule has 3 fully saturated rings. The molecule has 2 unspecified atom stereocenters. The third kappa shape index (κ3) is 3.63. The van der Waals surface area contributed by atoms with Gasteiger partial charge in [0.15, 0.2) is 0 Å². The van der Waals surface area contributed by atoms with Crippen LogP contribution in [0.25, 0.3) is 0 Å². The summed E-state index contributed by atoms with van der Waals surface area (Å²) in [5.74, 6) is 0.591. The van der Waals surface area contributed by atoms with E-state index in [4.69, 9.17) is 0 Å². The lowest BCUT2D eigenvalue weighted by molar-refractivity contribution is -0.139. The number of aliphatic hydroxyl groups excluding tert-OH is 1. The normalized spacial score (nSPS) is 34.4. The molecule has 1 aromatic heterocycles. The molecular weight excluding hydrogens is 314 g/mol. The second-order valence-electron chi connectivity index (χ2n) is 8.06. The predicted octanol–water partition coefficient (Wildman–Crippen LogP) is 2.28. The van der Waals surface area contributed by atoms with Gasteiger partial charge in [-0.1, -0.05) is 0 Å². The monoisotopic (exact) mass is 345 g/mol. The van der Waals surface area contributed by atoms with Crippen LogP contribution in [-0.2, 0) is 4.79 Å². The molecule has 4 rings (SSSR count). The minimum Gasteiger partial charge on any atom is -0.391 e. The van der Waals surface area contributed by atoms with Crippen LogP contribution in [0, 0.1) is 5.92 Å². The molecule has 5 nitrogen and oxygen atoms in total. The van der Waals surface area contributed by atoms with E-state index >= 15 is 0 Å². The van der Waals surface area contributed by atoms with Gasteiger partial charge in [-0.15, -0.1) is 0 Å². The van der Waals surface area contributed by atoms with Gasteiger partial charge in [0.2, 0.25) is 5.91 Å². The topological polar surface area (TPSA) is 48.7 Å². The molecule has 2 heterocycles. The number of aromatic nitrogens is 1. The van der Waals surface area contributed by atoms with Crippen molar-refractivity contribution in [1.29, 1.82) is 0 Å². The van der Waals surface area contributed by atoms with Crippen LogP contribution in [0.15, 0.2) is 24.5 Å². The van der Waals surface area contributed by atoms with E-state index in [2.05, 4.69) is 38.9 Å². The quantitative estimate of drug-likeness (QED) is 0.914. The van der Waals surface area contributed by atoms with Gasteiger partial charge in [-0.05, 0) is 57.1 Å². The number of nitrogens with zero attached hydrogens (tertiary/aromatic N) is 3. The van der Waals surface area contributed by atoms with E-state index in [9.17, 15) is 9.90 Å². The number of amides is 1. The number of rotatable bonds is 3. The van der Waals surface area contributed by atoms with Gasteiger partial charge in [0.1, 0.15) is 0 Å². The van der Waals surface area contributed by atoms with E-state index in [0.717, 1.165) is 71.1 Å². The lowest BCUT2D eigenvalue weighted by Crippen LogP contribution is -2.54. The maximum Gasteiger partial charge on any atom is 0.225 e. The maximum absolute atomic E-state index is 12.9. The van der Waals surface area contributed by atoms with Gasteiger partial charge in [-0.2, -0.15) is 0 Å². The Hall–Kier alpha value is -1.33. The zero-order valence-corrected chi connectivity index (χ0v) is 15.1. The third-order valence-corrected chi connectivity index (χ3v) is 6.63. The van der Waals surface area contributed by atoms with Gasteiger partial charge in [0.05, 0.1) is 6.10 Å². The van der Waals surface area contributed by atoms with Crippen molar-refractivity contribution in [1.82, 2.24) is 14.4 Å². The fourth-order valence-corrected chi connectivity index (χ4v) is 5.09. The molecule has 0 bridgehead atoms. The highest BCUT2D eigenvalue weighted by molar-refractivity contribution is 5.79. The highest BCUT2D eigenvalue weighted by Gasteiger charge is 2.35. The summed E-state index contributed by atoms with van der Waals surface area (Å²) in [4.78, 5) is 17.4. The van der Waals surface area contributed by atoms with Crippen LogP contribution >= 0.6 is 0 Å². The zero-order chi connectivity index (χ0) is 17.2. The molecule has 138 valence electrons. The van der Waals surface area contributed by atoms with E-state index < -0.39 is 0 Å². The number of piperazine rings is 1. The Morgan fingerprint density at radius 3 is 2.16 bits per heavy atom. The molecule has 1 aromatic rings. The third-order valence-electron chi connectivity index (χ3n) is 6.63. The van der Waals surface area contributed by atoms with E-state index in [1.165, 1.54) is 0 Å². The largest absolute Gasteiger partial charge is 0.391 e. The van der Waals surface area contributed by atoms with Crippen LogP contribution in [0.2, 0.25) is 0 Å².